The van der Waals surface area contributed by atoms with E-state index in [9.17, 15) is 4.57 Å². The molecule has 0 aliphatic heterocycles. The van der Waals surface area contributed by atoms with Gasteiger partial charge in [-0.2, -0.15) is 0 Å². The Morgan fingerprint density at radius 2 is 2.07 bits per heavy atom. The molecule has 0 spiro atoms. The van der Waals surface area contributed by atoms with Crippen LogP contribution < -0.4 is 0 Å². The first kappa shape index (κ1) is 17.5. The van der Waals surface area contributed by atoms with Crippen LogP contribution in [0.25, 0.3) is 0 Å². The molecule has 0 unspecified atom stereocenters. The first-order valence-corrected chi connectivity index (χ1v) is 8.18. The van der Waals surface area contributed by atoms with Crippen LogP contribution in [0.15, 0.2) is 0 Å². The molecule has 0 bridgehead atoms. The van der Waals surface area contributed by atoms with Gasteiger partial charge in [-0.15, -0.1) is 0 Å². The van der Waals surface area contributed by atoms with Crippen LogP contribution in [0, 0.1) is 5.05 Å². The van der Waals surface area contributed by atoms with E-state index in [0.29, 0.717) is 6.42 Å². The number of hydrogen-bond acceptors (Lipinski definition) is 5. The lowest BCUT2D eigenvalue weighted by molar-refractivity contribution is 0.193. The van der Waals surface area contributed by atoms with Crippen molar-refractivity contribution in [3.8, 4) is 0 Å². The number of nitrogens with one attached hydrogen (secondary N) is 1. The zero-order valence-electron chi connectivity index (χ0n) is 8.63. The third-order valence-corrected chi connectivity index (χ3v) is 2.95. The van der Waals surface area contributed by atoms with Crippen LogP contribution >= 0.6 is 7.82 Å². The van der Waals surface area contributed by atoms with Crippen LogP contribution in [0.5, 0.6) is 0 Å². The number of phosphoric ester groups is 1. The molecule has 0 saturated heterocycles. The van der Waals surface area contributed by atoms with Crippen molar-refractivity contribution >= 4 is 27.4 Å². The molecule has 10 heteroatoms. The monoisotopic (exact) mass is 275 g/mol. The summed E-state index contributed by atoms with van der Waals surface area (Å²) < 4.78 is 18.5. The summed E-state index contributed by atoms with van der Waals surface area (Å²) in [5.74, 6) is 0. The van der Waals surface area contributed by atoms with Crippen LogP contribution in [0.2, 0.25) is 0 Å². The maximum absolute atomic E-state index is 10.1. The summed E-state index contributed by atoms with van der Waals surface area (Å²) in [4.78, 5) is 24.3. The minimum absolute atomic E-state index is 0.151. The summed E-state index contributed by atoms with van der Waals surface area (Å²) in [6.45, 7) is 2.16. The quantitative estimate of drug-likeness (QED) is 0.279. The lowest BCUT2D eigenvalue weighted by atomic mass is 10.3. The topological polar surface area (TPSA) is 120 Å². The SMILES string of the molecule is CCCCCOP(=O)(O)O.N=[SiH]O[SiH2]O. The molecular formula is C5H18NO6PSi2. The summed E-state index contributed by atoms with van der Waals surface area (Å²) in [5, 5.41) is 6.34. The van der Waals surface area contributed by atoms with E-state index in [1.54, 1.807) is 0 Å². The van der Waals surface area contributed by atoms with Gasteiger partial charge in [-0.25, -0.2) is 4.57 Å². The van der Waals surface area contributed by atoms with Crippen LogP contribution in [-0.4, -0.2) is 40.8 Å². The zero-order valence-corrected chi connectivity index (χ0v) is 12.1. The summed E-state index contributed by atoms with van der Waals surface area (Å²) in [7, 11) is -6.09. The molecule has 0 aliphatic carbocycles. The number of unbranched alkanes of at least 4 members (excludes halogenated alkanes) is 2. The summed E-state index contributed by atoms with van der Waals surface area (Å²) in [6.07, 6.45) is 2.67. The van der Waals surface area contributed by atoms with Gasteiger partial charge in [0.2, 0.25) is 0 Å². The van der Waals surface area contributed by atoms with Gasteiger partial charge in [0.1, 0.15) is 0 Å². The van der Waals surface area contributed by atoms with Crippen molar-refractivity contribution in [3.05, 3.63) is 0 Å². The zero-order chi connectivity index (χ0) is 12.2. The number of phosphoric acid groups is 1. The Hall–Kier alpha value is 0.104. The second kappa shape index (κ2) is 12.2. The minimum atomic E-state index is -4.21. The van der Waals surface area contributed by atoms with Crippen molar-refractivity contribution in [2.24, 2.45) is 0 Å². The van der Waals surface area contributed by atoms with Gasteiger partial charge < -0.3 is 23.7 Å². The molecule has 0 aliphatic rings. The predicted octanol–water partition coefficient (Wildman–Crippen LogP) is -0.606. The molecule has 0 fully saturated rings. The Balaban J connectivity index is 0. The highest BCUT2D eigenvalue weighted by Crippen LogP contribution is 2.35. The minimum Gasteiger partial charge on any atom is -0.580 e. The molecule has 0 aromatic heterocycles. The van der Waals surface area contributed by atoms with E-state index in [4.69, 9.17) is 19.6 Å². The van der Waals surface area contributed by atoms with Gasteiger partial charge >= 0.3 is 27.4 Å². The van der Waals surface area contributed by atoms with Crippen molar-refractivity contribution < 1.29 is 27.8 Å². The van der Waals surface area contributed by atoms with Crippen molar-refractivity contribution in [3.63, 3.8) is 0 Å². The van der Waals surface area contributed by atoms with Crippen LogP contribution in [0.1, 0.15) is 26.2 Å². The average Bonchev–Trinajstić information content (AvgIpc) is 2.13. The van der Waals surface area contributed by atoms with Crippen molar-refractivity contribution in [1.29, 1.82) is 5.05 Å². The molecule has 4 N–H and O–H groups in total. The van der Waals surface area contributed by atoms with Gasteiger partial charge in [0, 0.05) is 0 Å². The molecule has 15 heavy (non-hydrogen) atoms. The van der Waals surface area contributed by atoms with E-state index in [1.807, 2.05) is 6.92 Å². The summed E-state index contributed by atoms with van der Waals surface area (Å²) in [5.41, 5.74) is 0. The number of hydrogen-bond donors (Lipinski definition) is 4. The Bertz CT molecular complexity index is 188. The lowest BCUT2D eigenvalue weighted by Gasteiger charge is -2.02. The Labute approximate surface area is 93.6 Å². The highest BCUT2D eigenvalue weighted by Gasteiger charge is 2.11. The van der Waals surface area contributed by atoms with E-state index in [-0.39, 0.29) is 6.61 Å². The van der Waals surface area contributed by atoms with Gasteiger partial charge in [0.25, 0.3) is 0 Å². The largest absolute Gasteiger partial charge is 0.580 e. The molecule has 0 aromatic carbocycles. The second-order valence-corrected chi connectivity index (χ2v) is 5.51. The van der Waals surface area contributed by atoms with Crippen molar-refractivity contribution in [1.82, 2.24) is 0 Å². The fourth-order valence-electron chi connectivity index (χ4n) is 0.573. The normalized spacial score (nSPS) is 10.9. The molecule has 0 rings (SSSR count). The fourth-order valence-corrected chi connectivity index (χ4v) is 1.24. The molecular weight excluding hydrogens is 257 g/mol. The van der Waals surface area contributed by atoms with Crippen molar-refractivity contribution in [2.75, 3.05) is 6.61 Å². The molecule has 0 saturated carbocycles. The van der Waals surface area contributed by atoms with Gasteiger partial charge in [-0.05, 0) is 6.42 Å². The lowest BCUT2D eigenvalue weighted by Crippen LogP contribution is -1.92. The van der Waals surface area contributed by atoms with E-state index < -0.39 is 27.4 Å². The van der Waals surface area contributed by atoms with E-state index in [0.717, 1.165) is 12.8 Å². The van der Waals surface area contributed by atoms with Gasteiger partial charge in [-0.1, -0.05) is 19.8 Å². The van der Waals surface area contributed by atoms with Crippen molar-refractivity contribution in [2.45, 2.75) is 26.2 Å². The van der Waals surface area contributed by atoms with Gasteiger partial charge in [0.15, 0.2) is 0 Å². The molecule has 0 aromatic rings. The molecule has 7 nitrogen and oxygen atoms in total. The van der Waals surface area contributed by atoms with Crippen LogP contribution in [-0.2, 0) is 13.2 Å². The Morgan fingerprint density at radius 1 is 1.47 bits per heavy atom. The highest BCUT2D eigenvalue weighted by atomic mass is 31.2. The molecule has 0 atom stereocenters. The molecule has 0 amide bonds. The first-order chi connectivity index (χ1) is 6.97. The Kier molecular flexibility index (Phi) is 14.2. The van der Waals surface area contributed by atoms with E-state index in [2.05, 4.69) is 8.64 Å². The standard InChI is InChI=1S/C5H13O4P.H5NO2Si2/c1-2-3-4-5-9-10(6,7)8;1-4-3-5-2/h2-5H2,1H3,(H2,6,7,8);1-2,4H,5H2. The van der Waals surface area contributed by atoms with Gasteiger partial charge in [-0.3, -0.25) is 4.52 Å². The number of rotatable bonds is 7. The third-order valence-electron chi connectivity index (χ3n) is 1.17. The van der Waals surface area contributed by atoms with Crippen LogP contribution in [0.4, 0.5) is 0 Å². The maximum atomic E-state index is 10.1. The summed E-state index contributed by atoms with van der Waals surface area (Å²) in [6, 6.07) is 0. The maximum Gasteiger partial charge on any atom is 0.469 e. The molecule has 0 heterocycles. The van der Waals surface area contributed by atoms with Gasteiger partial charge in [0.05, 0.1) is 6.61 Å². The summed E-state index contributed by atoms with van der Waals surface area (Å²) >= 11 is 0. The molecule has 0 radical (unpaired) electrons. The first-order valence-electron chi connectivity index (χ1n) is 4.39. The highest BCUT2D eigenvalue weighted by molar-refractivity contribution is 7.46. The van der Waals surface area contributed by atoms with E-state index >= 15 is 0 Å². The third kappa shape index (κ3) is 24.9. The molecule has 92 valence electrons. The second-order valence-electron chi connectivity index (χ2n) is 2.44. The Morgan fingerprint density at radius 3 is 2.33 bits per heavy atom. The smallest absolute Gasteiger partial charge is 0.469 e. The fraction of sp³-hybridized carbons (Fsp3) is 1.00. The van der Waals surface area contributed by atoms with Crippen LogP contribution in [0.3, 0.4) is 0 Å². The average molecular weight is 275 g/mol. The predicted molar refractivity (Wildman–Crippen MR) is 59.2 cm³/mol. The van der Waals surface area contributed by atoms with E-state index in [1.165, 1.54) is 0 Å².